The van der Waals surface area contributed by atoms with Crippen molar-refractivity contribution in [1.82, 2.24) is 9.55 Å². The molecule has 0 radical (unpaired) electrons. The van der Waals surface area contributed by atoms with E-state index in [2.05, 4.69) is 16.5 Å². The van der Waals surface area contributed by atoms with Crippen molar-refractivity contribution in [2.75, 3.05) is 6.61 Å². The molecule has 1 aliphatic heterocycles. The minimum absolute atomic E-state index is 0.0916. The minimum atomic E-state index is 0.0916. The fourth-order valence-electron chi connectivity index (χ4n) is 2.01. The van der Waals surface area contributed by atoms with Crippen LogP contribution in [0.4, 0.5) is 0 Å². The third kappa shape index (κ3) is 2.38. The smallest absolute Gasteiger partial charge is 0.0949 e. The molecule has 2 rings (SSSR count). The summed E-state index contributed by atoms with van der Waals surface area (Å²) in [5.74, 6) is 0. The molecule has 0 aromatic carbocycles. The molecule has 2 atom stereocenters. The van der Waals surface area contributed by atoms with Gasteiger partial charge in [-0.05, 0) is 19.3 Å². The van der Waals surface area contributed by atoms with Crippen LogP contribution in [0.3, 0.4) is 0 Å². The van der Waals surface area contributed by atoms with E-state index >= 15 is 0 Å². The van der Waals surface area contributed by atoms with E-state index in [0.717, 1.165) is 31.7 Å². The molecule has 1 unspecified atom stereocenters. The molecule has 2 N–H and O–H groups in total. The van der Waals surface area contributed by atoms with E-state index in [1.54, 1.807) is 0 Å². The first-order valence-corrected chi connectivity index (χ1v) is 5.68. The number of aromatic nitrogens is 2. The zero-order chi connectivity index (χ0) is 10.7. The Morgan fingerprint density at radius 1 is 1.73 bits per heavy atom. The van der Waals surface area contributed by atoms with Crippen LogP contribution in [0, 0.1) is 0 Å². The second-order valence-electron chi connectivity index (χ2n) is 4.12. The van der Waals surface area contributed by atoms with Gasteiger partial charge in [0.15, 0.2) is 0 Å². The average Bonchev–Trinajstić information content (AvgIpc) is 2.88. The first kappa shape index (κ1) is 10.6. The second-order valence-corrected chi connectivity index (χ2v) is 4.12. The van der Waals surface area contributed by atoms with E-state index in [0.29, 0.717) is 6.10 Å². The molecule has 0 bridgehead atoms. The van der Waals surface area contributed by atoms with Crippen LogP contribution in [-0.2, 0) is 11.3 Å². The van der Waals surface area contributed by atoms with Gasteiger partial charge >= 0.3 is 0 Å². The fourth-order valence-corrected chi connectivity index (χ4v) is 2.01. The molecular formula is C11H19N3O. The quantitative estimate of drug-likeness (QED) is 0.817. The van der Waals surface area contributed by atoms with Crippen LogP contribution in [0.15, 0.2) is 12.5 Å². The van der Waals surface area contributed by atoms with E-state index in [1.165, 1.54) is 6.42 Å². The zero-order valence-electron chi connectivity index (χ0n) is 9.22. The lowest BCUT2D eigenvalue weighted by Gasteiger charge is -2.16. The van der Waals surface area contributed by atoms with Crippen LogP contribution >= 0.6 is 0 Å². The molecule has 2 heterocycles. The van der Waals surface area contributed by atoms with Crippen LogP contribution in [0.25, 0.3) is 0 Å². The van der Waals surface area contributed by atoms with Crippen molar-refractivity contribution >= 4 is 0 Å². The molecule has 0 spiro atoms. The first-order chi connectivity index (χ1) is 7.31. The molecular weight excluding hydrogens is 190 g/mol. The Balaban J connectivity index is 2.03. The van der Waals surface area contributed by atoms with Crippen LogP contribution < -0.4 is 5.73 Å². The van der Waals surface area contributed by atoms with Crippen LogP contribution in [-0.4, -0.2) is 22.3 Å². The zero-order valence-corrected chi connectivity index (χ0v) is 9.22. The molecule has 1 aromatic heterocycles. The molecule has 1 saturated heterocycles. The lowest BCUT2D eigenvalue weighted by atomic mass is 10.1. The highest BCUT2D eigenvalue weighted by atomic mass is 16.5. The van der Waals surface area contributed by atoms with Crippen LogP contribution in [0.2, 0.25) is 0 Å². The Kier molecular flexibility index (Phi) is 3.38. The maximum Gasteiger partial charge on any atom is 0.0949 e. The van der Waals surface area contributed by atoms with Crippen molar-refractivity contribution in [2.45, 2.75) is 44.9 Å². The first-order valence-electron chi connectivity index (χ1n) is 5.68. The van der Waals surface area contributed by atoms with Gasteiger partial charge < -0.3 is 15.0 Å². The molecule has 1 aromatic rings. The van der Waals surface area contributed by atoms with Gasteiger partial charge in [0.2, 0.25) is 0 Å². The highest BCUT2D eigenvalue weighted by molar-refractivity contribution is 5.04. The summed E-state index contributed by atoms with van der Waals surface area (Å²) in [6.07, 6.45) is 7.34. The average molecular weight is 209 g/mol. The Hall–Kier alpha value is -0.870. The highest BCUT2D eigenvalue weighted by Gasteiger charge is 2.18. The summed E-state index contributed by atoms with van der Waals surface area (Å²) in [4.78, 5) is 4.16. The predicted molar refractivity (Wildman–Crippen MR) is 58.4 cm³/mol. The summed E-state index contributed by atoms with van der Waals surface area (Å²) in [5, 5.41) is 0. The van der Waals surface area contributed by atoms with Gasteiger partial charge in [-0.25, -0.2) is 4.98 Å². The lowest BCUT2D eigenvalue weighted by Crippen LogP contribution is -2.20. The maximum absolute atomic E-state index is 6.01. The maximum atomic E-state index is 6.01. The summed E-state index contributed by atoms with van der Waals surface area (Å²) in [6, 6.07) is 0.0916. The Bertz CT molecular complexity index is 305. The van der Waals surface area contributed by atoms with Gasteiger partial charge in [-0.15, -0.1) is 0 Å². The lowest BCUT2D eigenvalue weighted by molar-refractivity contribution is 0.0960. The molecule has 4 nitrogen and oxygen atoms in total. The summed E-state index contributed by atoms with van der Waals surface area (Å²) in [7, 11) is 0. The number of rotatable bonds is 4. The number of ether oxygens (including phenoxy) is 1. The van der Waals surface area contributed by atoms with Gasteiger partial charge in [0, 0.05) is 18.8 Å². The van der Waals surface area contributed by atoms with E-state index in [9.17, 15) is 0 Å². The second kappa shape index (κ2) is 4.77. The van der Waals surface area contributed by atoms with Crippen molar-refractivity contribution < 1.29 is 4.74 Å². The highest BCUT2D eigenvalue weighted by Crippen LogP contribution is 2.18. The molecule has 15 heavy (non-hydrogen) atoms. The van der Waals surface area contributed by atoms with Gasteiger partial charge in [0.05, 0.1) is 24.7 Å². The van der Waals surface area contributed by atoms with Crippen molar-refractivity contribution in [1.29, 1.82) is 0 Å². The Morgan fingerprint density at radius 3 is 3.27 bits per heavy atom. The molecule has 0 amide bonds. The summed E-state index contributed by atoms with van der Waals surface area (Å²) < 4.78 is 7.73. The van der Waals surface area contributed by atoms with Crippen molar-refractivity contribution in [3.05, 3.63) is 18.2 Å². The minimum Gasteiger partial charge on any atom is -0.376 e. The third-order valence-corrected chi connectivity index (χ3v) is 2.99. The van der Waals surface area contributed by atoms with Crippen LogP contribution in [0.1, 0.15) is 37.9 Å². The number of nitrogens with two attached hydrogens (primary N) is 1. The van der Waals surface area contributed by atoms with E-state index in [4.69, 9.17) is 10.5 Å². The summed E-state index contributed by atoms with van der Waals surface area (Å²) >= 11 is 0. The van der Waals surface area contributed by atoms with E-state index < -0.39 is 0 Å². The van der Waals surface area contributed by atoms with E-state index in [1.807, 2.05) is 12.5 Å². The topological polar surface area (TPSA) is 53.1 Å². The monoisotopic (exact) mass is 209 g/mol. The van der Waals surface area contributed by atoms with Crippen molar-refractivity contribution in [3.8, 4) is 0 Å². The van der Waals surface area contributed by atoms with Gasteiger partial charge in [-0.2, -0.15) is 0 Å². The fraction of sp³-hybridized carbons (Fsp3) is 0.727. The molecule has 0 saturated carbocycles. The number of imidazole rings is 1. The van der Waals surface area contributed by atoms with Gasteiger partial charge in [-0.3, -0.25) is 0 Å². The standard InChI is InChI=1S/C11H19N3O/c1-2-10(12)11-6-13-8-14(11)7-9-4-3-5-15-9/h6,8-10H,2-5,7,12H2,1H3/t9?,10-/m1/s1. The number of hydrogen-bond acceptors (Lipinski definition) is 3. The van der Waals surface area contributed by atoms with Gasteiger partial charge in [-0.1, -0.05) is 6.92 Å². The molecule has 84 valence electrons. The molecule has 1 aliphatic rings. The molecule has 0 aliphatic carbocycles. The summed E-state index contributed by atoms with van der Waals surface area (Å²) in [6.45, 7) is 3.88. The van der Waals surface area contributed by atoms with Crippen LogP contribution in [0.5, 0.6) is 0 Å². The molecule has 4 heteroatoms. The third-order valence-electron chi connectivity index (χ3n) is 2.99. The number of nitrogens with zero attached hydrogens (tertiary/aromatic N) is 2. The van der Waals surface area contributed by atoms with E-state index in [-0.39, 0.29) is 6.04 Å². The molecule has 1 fully saturated rings. The Labute approximate surface area is 90.4 Å². The normalized spacial score (nSPS) is 23.2. The van der Waals surface area contributed by atoms with Gasteiger partial charge in [0.25, 0.3) is 0 Å². The SMILES string of the molecule is CC[C@@H](N)c1cncn1CC1CCCO1. The summed E-state index contributed by atoms with van der Waals surface area (Å²) in [5.41, 5.74) is 7.13. The largest absolute Gasteiger partial charge is 0.376 e. The number of hydrogen-bond donors (Lipinski definition) is 1. The predicted octanol–water partition coefficient (Wildman–Crippen LogP) is 1.47. The van der Waals surface area contributed by atoms with Gasteiger partial charge in [0.1, 0.15) is 0 Å². The van der Waals surface area contributed by atoms with Crippen molar-refractivity contribution in [2.24, 2.45) is 5.73 Å². The van der Waals surface area contributed by atoms with Crippen molar-refractivity contribution in [3.63, 3.8) is 0 Å². The Morgan fingerprint density at radius 2 is 2.60 bits per heavy atom.